The zero-order valence-electron chi connectivity index (χ0n) is 14.5. The molecule has 0 bridgehead atoms. The largest absolute Gasteiger partial charge is 0.573 e. The van der Waals surface area contributed by atoms with E-state index in [9.17, 15) is 17.6 Å². The predicted molar refractivity (Wildman–Crippen MR) is 113 cm³/mol. The Labute approximate surface area is 186 Å². The van der Waals surface area contributed by atoms with E-state index < -0.39 is 6.36 Å². The van der Waals surface area contributed by atoms with Crippen LogP contribution in [0.1, 0.15) is 17.2 Å². The van der Waals surface area contributed by atoms with Gasteiger partial charge in [-0.25, -0.2) is 4.39 Å². The molecule has 0 aliphatic carbocycles. The number of benzene rings is 2. The van der Waals surface area contributed by atoms with Crippen molar-refractivity contribution >= 4 is 47.4 Å². The van der Waals surface area contributed by atoms with Gasteiger partial charge in [0.2, 0.25) is 0 Å². The van der Waals surface area contributed by atoms with Crippen LogP contribution in [0.25, 0.3) is 0 Å². The van der Waals surface area contributed by atoms with Gasteiger partial charge in [-0.05, 0) is 58.5 Å². The van der Waals surface area contributed by atoms with Crippen LogP contribution in [0.4, 0.5) is 17.6 Å². The molecule has 10 heteroatoms. The summed E-state index contributed by atoms with van der Waals surface area (Å²) in [6.07, 6.45) is -4.74. The molecule has 1 saturated heterocycles. The number of rotatable bonds is 4. The number of alkyl halides is 3. The minimum atomic E-state index is -4.74. The molecule has 1 atom stereocenters. The molecule has 0 unspecified atom stereocenters. The highest BCUT2D eigenvalue weighted by atomic mass is 127. The fraction of sp³-hybridized carbons (Fsp3) is 0.333. The zero-order valence-corrected chi connectivity index (χ0v) is 18.3. The summed E-state index contributed by atoms with van der Waals surface area (Å²) in [7, 11) is 0. The van der Waals surface area contributed by atoms with E-state index in [0.717, 1.165) is 35.3 Å². The van der Waals surface area contributed by atoms with Gasteiger partial charge in [0.15, 0.2) is 0 Å². The van der Waals surface area contributed by atoms with Gasteiger partial charge in [-0.2, -0.15) is 0 Å². The molecule has 1 fully saturated rings. The van der Waals surface area contributed by atoms with Gasteiger partial charge in [0, 0.05) is 35.3 Å². The van der Waals surface area contributed by atoms with Crippen molar-refractivity contribution in [2.45, 2.75) is 12.4 Å². The average molecular weight is 553 g/mol. The standard InChI is InChI=1S/C18H17F4IN2O.2ClH/c19-16-6-3-13(23)11-15(16)17(25-9-7-24-8-10-25)12-1-4-14(5-2-12)26-18(20,21)22;;/h1-6,11,17,24H,7-10H2;2*1H/t17-;;/m1../s1. The van der Waals surface area contributed by atoms with Crippen molar-refractivity contribution < 1.29 is 22.3 Å². The van der Waals surface area contributed by atoms with Crippen LogP contribution >= 0.6 is 47.4 Å². The fourth-order valence-electron chi connectivity index (χ4n) is 3.10. The molecule has 1 aliphatic rings. The highest BCUT2D eigenvalue weighted by Gasteiger charge is 2.31. The number of hydrogen-bond acceptors (Lipinski definition) is 3. The molecule has 0 radical (unpaired) electrons. The molecule has 3 rings (SSSR count). The number of halogens is 7. The lowest BCUT2D eigenvalue weighted by molar-refractivity contribution is -0.274. The van der Waals surface area contributed by atoms with Crippen molar-refractivity contribution in [2.75, 3.05) is 26.2 Å². The molecule has 156 valence electrons. The smallest absolute Gasteiger partial charge is 0.406 e. The summed E-state index contributed by atoms with van der Waals surface area (Å²) < 4.78 is 56.5. The van der Waals surface area contributed by atoms with Crippen molar-refractivity contribution in [3.8, 4) is 5.75 Å². The van der Waals surface area contributed by atoms with Crippen LogP contribution in [0.2, 0.25) is 0 Å². The van der Waals surface area contributed by atoms with Crippen LogP contribution in [0.3, 0.4) is 0 Å². The number of nitrogens with one attached hydrogen (secondary N) is 1. The van der Waals surface area contributed by atoms with Gasteiger partial charge in [0.05, 0.1) is 6.04 Å². The molecule has 1 N–H and O–H groups in total. The first-order valence-corrected chi connectivity index (χ1v) is 9.17. The highest BCUT2D eigenvalue weighted by molar-refractivity contribution is 14.1. The number of nitrogens with zero attached hydrogens (tertiary/aromatic N) is 1. The second kappa shape index (κ2) is 10.8. The lowest BCUT2D eigenvalue weighted by Crippen LogP contribution is -2.45. The SMILES string of the molecule is Cl.Cl.Fc1ccc(I)cc1[C@@H](c1ccc(OC(F)(F)F)cc1)N1CCNCC1. The quantitative estimate of drug-likeness (QED) is 0.418. The van der Waals surface area contributed by atoms with Crippen molar-refractivity contribution in [3.05, 3.63) is 63.0 Å². The topological polar surface area (TPSA) is 24.5 Å². The summed E-state index contributed by atoms with van der Waals surface area (Å²) in [6, 6.07) is 10.2. The Morgan fingerprint density at radius 2 is 1.61 bits per heavy atom. The van der Waals surface area contributed by atoms with E-state index in [-0.39, 0.29) is 42.4 Å². The third-order valence-electron chi connectivity index (χ3n) is 4.20. The second-order valence-electron chi connectivity index (χ2n) is 5.97. The van der Waals surface area contributed by atoms with E-state index >= 15 is 0 Å². The number of hydrogen-bond donors (Lipinski definition) is 1. The van der Waals surface area contributed by atoms with E-state index in [2.05, 4.69) is 37.5 Å². The van der Waals surface area contributed by atoms with Crippen molar-refractivity contribution in [1.82, 2.24) is 10.2 Å². The third-order valence-corrected chi connectivity index (χ3v) is 4.87. The molecular formula is C18H19Cl2F4IN2O. The van der Waals surface area contributed by atoms with Crippen molar-refractivity contribution in [1.29, 1.82) is 0 Å². The molecular weight excluding hydrogens is 534 g/mol. The van der Waals surface area contributed by atoms with E-state index in [1.807, 2.05) is 0 Å². The van der Waals surface area contributed by atoms with Crippen LogP contribution in [-0.4, -0.2) is 37.4 Å². The molecule has 0 aromatic heterocycles. The summed E-state index contributed by atoms with van der Waals surface area (Å²) in [4.78, 5) is 2.13. The maximum Gasteiger partial charge on any atom is 0.573 e. The third kappa shape index (κ3) is 6.62. The second-order valence-corrected chi connectivity index (χ2v) is 7.22. The van der Waals surface area contributed by atoms with Gasteiger partial charge in [0.1, 0.15) is 11.6 Å². The fourth-order valence-corrected chi connectivity index (χ4v) is 3.62. The first kappa shape index (κ1) is 25.2. The monoisotopic (exact) mass is 552 g/mol. The summed E-state index contributed by atoms with van der Waals surface area (Å²) >= 11 is 2.12. The Kier molecular flexibility index (Phi) is 9.75. The number of ether oxygens (including phenoxy) is 1. The Hall–Kier alpha value is -0.810. The molecule has 0 spiro atoms. The van der Waals surface area contributed by atoms with Gasteiger partial charge < -0.3 is 10.1 Å². The Bertz CT molecular complexity index is 756. The molecule has 3 nitrogen and oxygen atoms in total. The number of piperazine rings is 1. The van der Waals surface area contributed by atoms with Gasteiger partial charge >= 0.3 is 6.36 Å². The Balaban J connectivity index is 0.00000196. The van der Waals surface area contributed by atoms with Crippen LogP contribution in [0.15, 0.2) is 42.5 Å². The predicted octanol–water partition coefficient (Wildman–Crippen LogP) is 5.17. The molecule has 28 heavy (non-hydrogen) atoms. The summed E-state index contributed by atoms with van der Waals surface area (Å²) in [6.45, 7) is 2.99. The van der Waals surface area contributed by atoms with Gasteiger partial charge in [-0.3, -0.25) is 4.90 Å². The maximum absolute atomic E-state index is 14.5. The molecule has 1 heterocycles. The first-order valence-electron chi connectivity index (χ1n) is 8.09. The Morgan fingerprint density at radius 3 is 2.18 bits per heavy atom. The van der Waals surface area contributed by atoms with E-state index in [4.69, 9.17) is 0 Å². The zero-order chi connectivity index (χ0) is 18.7. The molecule has 2 aromatic rings. The Morgan fingerprint density at radius 1 is 1.00 bits per heavy atom. The minimum Gasteiger partial charge on any atom is -0.406 e. The normalized spacial score (nSPS) is 15.9. The van der Waals surface area contributed by atoms with Crippen LogP contribution in [-0.2, 0) is 0 Å². The van der Waals surface area contributed by atoms with E-state index in [0.29, 0.717) is 5.56 Å². The minimum absolute atomic E-state index is 0. The maximum atomic E-state index is 14.5. The van der Waals surface area contributed by atoms with Crippen LogP contribution in [0.5, 0.6) is 5.75 Å². The summed E-state index contributed by atoms with van der Waals surface area (Å²) in [5.74, 6) is -0.618. The lowest BCUT2D eigenvalue weighted by Gasteiger charge is -2.35. The van der Waals surface area contributed by atoms with Gasteiger partial charge in [-0.1, -0.05) is 12.1 Å². The average Bonchev–Trinajstić information content (AvgIpc) is 2.59. The van der Waals surface area contributed by atoms with Crippen molar-refractivity contribution in [3.63, 3.8) is 0 Å². The van der Waals surface area contributed by atoms with E-state index in [1.165, 1.54) is 18.2 Å². The van der Waals surface area contributed by atoms with Crippen molar-refractivity contribution in [2.24, 2.45) is 0 Å². The lowest BCUT2D eigenvalue weighted by atomic mass is 9.96. The molecule has 0 amide bonds. The van der Waals surface area contributed by atoms with E-state index in [1.54, 1.807) is 24.3 Å². The molecule has 2 aromatic carbocycles. The molecule has 0 saturated carbocycles. The highest BCUT2D eigenvalue weighted by Crippen LogP contribution is 2.33. The van der Waals surface area contributed by atoms with Crippen LogP contribution in [0, 0.1) is 9.39 Å². The van der Waals surface area contributed by atoms with Crippen LogP contribution < -0.4 is 10.1 Å². The van der Waals surface area contributed by atoms with Gasteiger partial charge in [-0.15, -0.1) is 38.0 Å². The first-order chi connectivity index (χ1) is 12.3. The van der Waals surface area contributed by atoms with Gasteiger partial charge in [0.25, 0.3) is 0 Å². The molecule has 1 aliphatic heterocycles. The summed E-state index contributed by atoms with van der Waals surface area (Å²) in [5.41, 5.74) is 1.24. The summed E-state index contributed by atoms with van der Waals surface area (Å²) in [5, 5.41) is 3.25.